The number of piperidine rings is 1. The maximum Gasteiger partial charge on any atom is 0.317 e. The molecule has 2 amide bonds. The summed E-state index contributed by atoms with van der Waals surface area (Å²) in [4.78, 5) is 28.6. The molecular formula is C24H43N7O2. The maximum absolute atomic E-state index is 13.1. The minimum Gasteiger partial charge on any atom is -0.385 e. The van der Waals surface area contributed by atoms with Crippen LogP contribution in [0.15, 0.2) is 6.20 Å². The molecule has 3 rings (SSSR count). The average Bonchev–Trinajstić information content (AvgIpc) is 2.78. The van der Waals surface area contributed by atoms with Crippen molar-refractivity contribution in [3.63, 3.8) is 0 Å². The third kappa shape index (κ3) is 7.01. The predicted octanol–water partition coefficient (Wildman–Crippen LogP) is 1.63. The largest absolute Gasteiger partial charge is 0.385 e. The number of hydrogen-bond donors (Lipinski definition) is 2. The number of nitrogens with one attached hydrogen (secondary N) is 1. The second-order valence-corrected chi connectivity index (χ2v) is 9.54. The molecule has 0 spiro atoms. The molecule has 0 bridgehead atoms. The lowest BCUT2D eigenvalue weighted by molar-refractivity contribution is 0.0624. The summed E-state index contributed by atoms with van der Waals surface area (Å²) in [6.45, 7) is 10.3. The molecule has 3 N–H and O–H groups in total. The summed E-state index contributed by atoms with van der Waals surface area (Å²) in [7, 11) is 3.83. The van der Waals surface area contributed by atoms with Gasteiger partial charge >= 0.3 is 6.03 Å². The highest BCUT2D eigenvalue weighted by Crippen LogP contribution is 2.34. The first-order valence-electron chi connectivity index (χ1n) is 12.5. The molecule has 33 heavy (non-hydrogen) atoms. The van der Waals surface area contributed by atoms with Gasteiger partial charge in [0.25, 0.3) is 0 Å². The van der Waals surface area contributed by atoms with Crippen molar-refractivity contribution in [2.75, 3.05) is 65.8 Å². The van der Waals surface area contributed by atoms with E-state index in [-0.39, 0.29) is 12.1 Å². The van der Waals surface area contributed by atoms with Crippen LogP contribution in [0, 0.1) is 5.92 Å². The Morgan fingerprint density at radius 1 is 1.30 bits per heavy atom. The number of anilines is 1. The van der Waals surface area contributed by atoms with E-state index in [4.69, 9.17) is 10.5 Å². The number of nitrogen functional groups attached to an aromatic ring is 1. The van der Waals surface area contributed by atoms with Gasteiger partial charge in [-0.1, -0.05) is 6.92 Å². The van der Waals surface area contributed by atoms with Crippen LogP contribution < -0.4 is 11.1 Å². The van der Waals surface area contributed by atoms with Gasteiger partial charge in [0, 0.05) is 70.4 Å². The van der Waals surface area contributed by atoms with E-state index in [2.05, 4.69) is 39.1 Å². The van der Waals surface area contributed by atoms with Crippen LogP contribution in [0.3, 0.4) is 0 Å². The third-order valence-electron chi connectivity index (χ3n) is 7.06. The highest BCUT2D eigenvalue weighted by molar-refractivity contribution is 5.74. The first-order valence-corrected chi connectivity index (χ1v) is 12.5. The summed E-state index contributed by atoms with van der Waals surface area (Å²) >= 11 is 0. The van der Waals surface area contributed by atoms with E-state index >= 15 is 0 Å². The molecule has 186 valence electrons. The Labute approximate surface area is 199 Å². The third-order valence-corrected chi connectivity index (χ3v) is 7.06. The molecule has 3 atom stereocenters. The molecule has 2 aliphatic rings. The Morgan fingerprint density at radius 3 is 2.85 bits per heavy atom. The van der Waals surface area contributed by atoms with E-state index in [0.717, 1.165) is 77.1 Å². The number of urea groups is 1. The summed E-state index contributed by atoms with van der Waals surface area (Å²) < 4.78 is 5.13. The quantitative estimate of drug-likeness (QED) is 0.483. The summed E-state index contributed by atoms with van der Waals surface area (Å²) in [6, 6.07) is 0.686. The molecule has 0 radical (unpaired) electrons. The van der Waals surface area contributed by atoms with Crippen molar-refractivity contribution in [2.45, 2.75) is 58.0 Å². The first-order chi connectivity index (χ1) is 15.9. The zero-order valence-electron chi connectivity index (χ0n) is 20.9. The molecule has 1 aromatic heterocycles. The highest BCUT2D eigenvalue weighted by Gasteiger charge is 2.40. The minimum atomic E-state index is 0.0467. The van der Waals surface area contributed by atoms with Gasteiger partial charge in [0.2, 0.25) is 5.95 Å². The number of amides is 2. The van der Waals surface area contributed by atoms with Crippen molar-refractivity contribution >= 4 is 12.0 Å². The summed E-state index contributed by atoms with van der Waals surface area (Å²) in [5.74, 6) is 0.823. The molecule has 0 unspecified atom stereocenters. The van der Waals surface area contributed by atoms with Gasteiger partial charge in [-0.25, -0.2) is 14.8 Å². The number of aromatic nitrogens is 2. The van der Waals surface area contributed by atoms with Crippen LogP contribution in [-0.2, 0) is 17.6 Å². The Kier molecular flexibility index (Phi) is 9.70. The number of fused-ring (bicyclic) bond motifs is 2. The van der Waals surface area contributed by atoms with E-state index in [1.165, 1.54) is 5.56 Å². The maximum atomic E-state index is 13.1. The number of nitrogens with zero attached hydrogens (tertiary/aromatic N) is 5. The van der Waals surface area contributed by atoms with Crippen molar-refractivity contribution in [2.24, 2.45) is 5.92 Å². The number of methoxy groups -OCH3 is 1. The van der Waals surface area contributed by atoms with E-state index in [1.54, 1.807) is 7.11 Å². The second-order valence-electron chi connectivity index (χ2n) is 9.54. The summed E-state index contributed by atoms with van der Waals surface area (Å²) in [5.41, 5.74) is 8.15. The Balaban J connectivity index is 1.58. The van der Waals surface area contributed by atoms with E-state index in [0.29, 0.717) is 24.5 Å². The molecular weight excluding hydrogens is 418 g/mol. The molecule has 1 aromatic rings. The minimum absolute atomic E-state index is 0.0467. The smallest absolute Gasteiger partial charge is 0.317 e. The predicted molar refractivity (Wildman–Crippen MR) is 131 cm³/mol. The van der Waals surface area contributed by atoms with E-state index in [9.17, 15) is 4.79 Å². The van der Waals surface area contributed by atoms with Crippen molar-refractivity contribution < 1.29 is 9.53 Å². The molecule has 9 heteroatoms. The van der Waals surface area contributed by atoms with Crippen LogP contribution in [-0.4, -0.2) is 103 Å². The van der Waals surface area contributed by atoms with Crippen molar-refractivity contribution in [3.05, 3.63) is 17.5 Å². The average molecular weight is 462 g/mol. The number of rotatable bonds is 11. The number of ether oxygens (including phenoxy) is 1. The number of carbonyl (C=O) groups is 1. The Hall–Kier alpha value is -1.97. The van der Waals surface area contributed by atoms with Gasteiger partial charge in [-0.2, -0.15) is 0 Å². The SMILES string of the molecule is CCCN1C[C@@H](NC(=O)N(CC)CCN(C)CCCOC)C[C@@H]2Cc3nc(N)ncc3C[C@H]21. The van der Waals surface area contributed by atoms with Gasteiger partial charge in [0.1, 0.15) is 0 Å². The zero-order chi connectivity index (χ0) is 23.8. The number of likely N-dealkylation sites (N-methyl/N-ethyl adjacent to an activating group) is 2. The standard InChI is InChI=1S/C24H43N7O2/c1-5-8-31-17-20(13-18-14-21-19(15-22(18)31)16-26-23(25)28-21)27-24(32)30(6-2)11-10-29(3)9-7-12-33-4/h16,18,20,22H,5-15,17H2,1-4H3,(H,27,32)(H2,25,26,28)/t18-,20+,22-/m1/s1. The van der Waals surface area contributed by atoms with Crippen LogP contribution in [0.2, 0.25) is 0 Å². The summed E-state index contributed by atoms with van der Waals surface area (Å²) in [6.07, 6.45) is 6.86. The van der Waals surface area contributed by atoms with Crippen molar-refractivity contribution in [3.8, 4) is 0 Å². The van der Waals surface area contributed by atoms with Gasteiger partial charge in [0.15, 0.2) is 0 Å². The number of nitrogens with two attached hydrogens (primary N) is 1. The van der Waals surface area contributed by atoms with Crippen LogP contribution in [0.25, 0.3) is 0 Å². The van der Waals surface area contributed by atoms with Gasteiger partial charge in [-0.3, -0.25) is 4.90 Å². The lowest BCUT2D eigenvalue weighted by Gasteiger charge is -2.47. The van der Waals surface area contributed by atoms with Gasteiger partial charge in [0.05, 0.1) is 0 Å². The Bertz CT molecular complexity index is 762. The Morgan fingerprint density at radius 2 is 2.12 bits per heavy atom. The van der Waals surface area contributed by atoms with Gasteiger partial charge < -0.3 is 25.6 Å². The second kappa shape index (κ2) is 12.5. The molecule has 2 heterocycles. The molecule has 1 aliphatic heterocycles. The van der Waals surface area contributed by atoms with Crippen LogP contribution in [0.4, 0.5) is 10.7 Å². The topological polar surface area (TPSA) is 99.9 Å². The first kappa shape index (κ1) is 25.6. The van der Waals surface area contributed by atoms with Crippen molar-refractivity contribution in [1.82, 2.24) is 30.0 Å². The van der Waals surface area contributed by atoms with Crippen LogP contribution >= 0.6 is 0 Å². The fraction of sp³-hybridized carbons (Fsp3) is 0.792. The molecule has 0 aromatic carbocycles. The lowest BCUT2D eigenvalue weighted by Crippen LogP contribution is -2.59. The number of hydrogen-bond acceptors (Lipinski definition) is 7. The molecule has 1 saturated heterocycles. The lowest BCUT2D eigenvalue weighted by atomic mass is 9.76. The van der Waals surface area contributed by atoms with E-state index in [1.807, 2.05) is 18.0 Å². The fourth-order valence-corrected chi connectivity index (χ4v) is 5.31. The molecule has 1 fully saturated rings. The van der Waals surface area contributed by atoms with Crippen LogP contribution in [0.1, 0.15) is 44.4 Å². The van der Waals surface area contributed by atoms with Gasteiger partial charge in [-0.15, -0.1) is 0 Å². The fourth-order valence-electron chi connectivity index (χ4n) is 5.31. The van der Waals surface area contributed by atoms with E-state index < -0.39 is 0 Å². The molecule has 1 aliphatic carbocycles. The van der Waals surface area contributed by atoms with Crippen LogP contribution in [0.5, 0.6) is 0 Å². The number of carbonyl (C=O) groups excluding carboxylic acids is 1. The van der Waals surface area contributed by atoms with Crippen molar-refractivity contribution in [1.29, 1.82) is 0 Å². The zero-order valence-corrected chi connectivity index (χ0v) is 20.9. The number of likely N-dealkylation sites (tertiary alicyclic amines) is 1. The summed E-state index contributed by atoms with van der Waals surface area (Å²) in [5, 5.41) is 3.35. The highest BCUT2D eigenvalue weighted by atomic mass is 16.5. The molecule has 9 nitrogen and oxygen atoms in total. The normalized spacial score (nSPS) is 22.6. The molecule has 0 saturated carbocycles. The van der Waals surface area contributed by atoms with Gasteiger partial charge in [-0.05, 0) is 64.1 Å². The monoisotopic (exact) mass is 461 g/mol.